The third-order valence-corrected chi connectivity index (χ3v) is 17.6. The van der Waals surface area contributed by atoms with Crippen LogP contribution in [0.15, 0.2) is 303 Å². The minimum absolute atomic E-state index is 0.604. The van der Waals surface area contributed by atoms with Gasteiger partial charge >= 0.3 is 0 Å². The van der Waals surface area contributed by atoms with Gasteiger partial charge in [-0.15, -0.1) is 0 Å². The van der Waals surface area contributed by atoms with E-state index >= 15 is 0 Å². The molecule has 13 aromatic carbocycles. The molecule has 0 saturated carbocycles. The number of rotatable bonds is 8. The molecule has 0 aliphatic carbocycles. The molecule has 13 aromatic rings. The summed E-state index contributed by atoms with van der Waals surface area (Å²) in [5.74, 6) is 0. The Balaban J connectivity index is 1.06. The van der Waals surface area contributed by atoms with Crippen LogP contribution in [-0.2, 0) is 10.8 Å². The van der Waals surface area contributed by atoms with Crippen molar-refractivity contribution in [2.24, 2.45) is 0 Å². The van der Waals surface area contributed by atoms with Crippen LogP contribution in [-0.4, -0.2) is 14.1 Å². The molecule has 0 spiro atoms. The van der Waals surface area contributed by atoms with Crippen molar-refractivity contribution in [3.05, 3.63) is 348 Å². The summed E-state index contributed by atoms with van der Waals surface area (Å²) in [7, 11) is 4.53. The number of fused-ring (bicyclic) bond motifs is 6. The van der Waals surface area contributed by atoms with Crippen LogP contribution >= 0.6 is 0 Å². The summed E-state index contributed by atoms with van der Waals surface area (Å²) in [5, 5.41) is 4.81. The summed E-state index contributed by atoms with van der Waals surface area (Å²) in [5.41, 5.74) is 23.1. The van der Waals surface area contributed by atoms with Gasteiger partial charge < -0.3 is 9.80 Å². The first-order valence-corrected chi connectivity index (χ1v) is 27.9. The van der Waals surface area contributed by atoms with E-state index in [1.54, 1.807) is 0 Å². The van der Waals surface area contributed by atoms with Crippen LogP contribution in [0.3, 0.4) is 0 Å². The van der Waals surface area contributed by atoms with Gasteiger partial charge in [0.05, 0.1) is 22.2 Å². The fourth-order valence-electron chi connectivity index (χ4n) is 14.4. The Hall–Kier alpha value is -10.0. The van der Waals surface area contributed by atoms with Crippen LogP contribution in [0.5, 0.6) is 0 Å². The van der Waals surface area contributed by atoms with E-state index in [4.69, 9.17) is 0 Å². The zero-order chi connectivity index (χ0) is 53.4. The van der Waals surface area contributed by atoms with Crippen LogP contribution in [0, 0.1) is 0 Å². The quantitative estimate of drug-likeness (QED) is 0.140. The number of hydrogen-bond acceptors (Lipinski definition) is 2. The lowest BCUT2D eigenvalue weighted by Crippen LogP contribution is -2.38. The lowest BCUT2D eigenvalue weighted by molar-refractivity contribution is 0.728. The molecular formula is C78H56N2. The van der Waals surface area contributed by atoms with Gasteiger partial charge in [0.25, 0.3) is 0 Å². The van der Waals surface area contributed by atoms with Crippen LogP contribution in [0.25, 0.3) is 66.1 Å². The second kappa shape index (κ2) is 18.9. The Labute approximate surface area is 468 Å². The fraction of sp³-hybridized carbons (Fsp3) is 0.0513. The third kappa shape index (κ3) is 6.85. The monoisotopic (exact) mass is 1020 g/mol. The second-order valence-electron chi connectivity index (χ2n) is 21.5. The molecule has 0 saturated heterocycles. The van der Waals surface area contributed by atoms with Gasteiger partial charge in [-0.1, -0.05) is 285 Å². The zero-order valence-corrected chi connectivity index (χ0v) is 44.8. The first-order valence-electron chi connectivity index (χ1n) is 27.9. The molecule has 2 heterocycles. The van der Waals surface area contributed by atoms with Gasteiger partial charge in [0.1, 0.15) is 0 Å². The standard InChI is InChI=1S/C78H56N2/c1-79-72-50-22-20-46-68(72)77(54-30-10-4-11-31-54,55-32-12-5-13-33-55)70-48-26-44-64(75(70)79)59-40-24-42-62-66(59)52-67-60(41-25-43-63(67)74(62)61-39-19-18-38-58(61)53-28-8-3-9-29-53)65-45-27-49-71-76(65)80(2)73-51-23-21-47-69(73)78(71,56-34-14-6-15-35-56)57-36-16-7-17-37-57/h3-52H,1-2H3. The van der Waals surface area contributed by atoms with E-state index in [0.29, 0.717) is 0 Å². The summed E-state index contributed by atoms with van der Waals surface area (Å²) >= 11 is 0. The summed E-state index contributed by atoms with van der Waals surface area (Å²) in [6, 6.07) is 113. The molecule has 80 heavy (non-hydrogen) atoms. The predicted octanol–water partition coefficient (Wildman–Crippen LogP) is 19.6. The minimum Gasteiger partial charge on any atom is -0.344 e. The lowest BCUT2D eigenvalue weighted by Gasteiger charge is -2.46. The van der Waals surface area contributed by atoms with Crippen LogP contribution < -0.4 is 9.80 Å². The van der Waals surface area contributed by atoms with Crippen LogP contribution in [0.1, 0.15) is 44.5 Å². The molecule has 15 rings (SSSR count). The Morgan fingerprint density at radius 2 is 0.550 bits per heavy atom. The molecule has 2 aliphatic heterocycles. The normalized spacial score (nSPS) is 13.8. The molecule has 2 aliphatic rings. The van der Waals surface area contributed by atoms with Crippen molar-refractivity contribution in [2.75, 3.05) is 23.9 Å². The minimum atomic E-state index is -0.604. The van der Waals surface area contributed by atoms with E-state index in [9.17, 15) is 0 Å². The average Bonchev–Trinajstić information content (AvgIpc) is 3.65. The van der Waals surface area contributed by atoms with E-state index in [0.717, 1.165) is 0 Å². The van der Waals surface area contributed by atoms with Crippen molar-refractivity contribution < 1.29 is 0 Å². The van der Waals surface area contributed by atoms with E-state index < -0.39 is 10.8 Å². The number of benzene rings is 13. The fourth-order valence-corrected chi connectivity index (χ4v) is 14.4. The van der Waals surface area contributed by atoms with Crippen LogP contribution in [0.4, 0.5) is 22.7 Å². The second-order valence-corrected chi connectivity index (χ2v) is 21.5. The van der Waals surface area contributed by atoms with E-state index in [1.165, 1.54) is 133 Å². The molecule has 0 unspecified atom stereocenters. The molecule has 0 amide bonds. The highest BCUT2D eigenvalue weighted by Crippen LogP contribution is 2.60. The maximum Gasteiger partial charge on any atom is 0.0742 e. The van der Waals surface area contributed by atoms with Gasteiger partial charge in [0, 0.05) is 36.6 Å². The number of nitrogens with zero attached hydrogens (tertiary/aromatic N) is 2. The van der Waals surface area contributed by atoms with Gasteiger partial charge in [0.2, 0.25) is 0 Å². The molecule has 2 heteroatoms. The maximum absolute atomic E-state index is 2.53. The van der Waals surface area contributed by atoms with Crippen molar-refractivity contribution in [1.29, 1.82) is 0 Å². The van der Waals surface area contributed by atoms with E-state index in [2.05, 4.69) is 327 Å². The summed E-state index contributed by atoms with van der Waals surface area (Å²) < 4.78 is 0. The summed E-state index contributed by atoms with van der Waals surface area (Å²) in [4.78, 5) is 4.91. The molecule has 0 aromatic heterocycles. The SMILES string of the molecule is CN1c2ccccc2C(c2ccccc2)(c2ccccc2)c2cccc(-c3cccc4c(-c5ccccc5-c5ccccc5)c5cccc(-c6cccc7c6N(C)c6ccccc6C7(c6ccccc6)c6ccccc6)c5cc34)c21. The molecule has 0 radical (unpaired) electrons. The Bertz CT molecular complexity index is 4170. The van der Waals surface area contributed by atoms with E-state index in [1.807, 2.05) is 0 Å². The summed E-state index contributed by atoms with van der Waals surface area (Å²) in [6.45, 7) is 0. The zero-order valence-electron chi connectivity index (χ0n) is 44.8. The topological polar surface area (TPSA) is 6.48 Å². The van der Waals surface area contributed by atoms with E-state index in [-0.39, 0.29) is 0 Å². The molecule has 0 atom stereocenters. The highest BCUT2D eigenvalue weighted by molar-refractivity contribution is 6.21. The number of anilines is 4. The van der Waals surface area contributed by atoms with Crippen molar-refractivity contribution in [3.8, 4) is 44.5 Å². The van der Waals surface area contributed by atoms with Crippen molar-refractivity contribution in [1.82, 2.24) is 0 Å². The Morgan fingerprint density at radius 1 is 0.237 bits per heavy atom. The van der Waals surface area contributed by atoms with Gasteiger partial charge in [0.15, 0.2) is 0 Å². The molecule has 378 valence electrons. The first-order chi connectivity index (χ1) is 39.6. The largest absolute Gasteiger partial charge is 0.344 e. The number of para-hydroxylation sites is 4. The Kier molecular flexibility index (Phi) is 11.1. The first kappa shape index (κ1) is 47.2. The summed E-state index contributed by atoms with van der Waals surface area (Å²) in [6.07, 6.45) is 0. The van der Waals surface area contributed by atoms with Crippen molar-refractivity contribution >= 4 is 44.3 Å². The van der Waals surface area contributed by atoms with Crippen LogP contribution in [0.2, 0.25) is 0 Å². The van der Waals surface area contributed by atoms with Gasteiger partial charge in [-0.3, -0.25) is 0 Å². The number of hydrogen-bond donors (Lipinski definition) is 0. The molecule has 2 nitrogen and oxygen atoms in total. The maximum atomic E-state index is 2.53. The average molecular weight is 1020 g/mol. The Morgan fingerprint density at radius 3 is 0.975 bits per heavy atom. The highest BCUT2D eigenvalue weighted by atomic mass is 15.1. The smallest absolute Gasteiger partial charge is 0.0742 e. The van der Waals surface area contributed by atoms with Gasteiger partial charge in [-0.2, -0.15) is 0 Å². The third-order valence-electron chi connectivity index (χ3n) is 17.6. The van der Waals surface area contributed by atoms with Gasteiger partial charge in [-0.25, -0.2) is 0 Å². The predicted molar refractivity (Wildman–Crippen MR) is 336 cm³/mol. The molecule has 0 bridgehead atoms. The molecular weight excluding hydrogens is 965 g/mol. The highest BCUT2D eigenvalue weighted by Gasteiger charge is 2.48. The lowest BCUT2D eigenvalue weighted by atomic mass is 9.62. The molecule has 0 N–H and O–H groups in total. The van der Waals surface area contributed by atoms with Gasteiger partial charge in [-0.05, 0) is 118 Å². The molecule has 0 fully saturated rings. The van der Waals surface area contributed by atoms with Crippen molar-refractivity contribution in [3.63, 3.8) is 0 Å². The van der Waals surface area contributed by atoms with Crippen molar-refractivity contribution in [2.45, 2.75) is 10.8 Å².